The van der Waals surface area contributed by atoms with Crippen molar-refractivity contribution in [3.63, 3.8) is 0 Å². The molecule has 0 fully saturated rings. The van der Waals surface area contributed by atoms with Gasteiger partial charge in [-0.15, -0.1) is 11.3 Å². The molecule has 0 unspecified atom stereocenters. The molecule has 3 heterocycles. The summed E-state index contributed by atoms with van der Waals surface area (Å²) in [7, 11) is 0. The van der Waals surface area contributed by atoms with Gasteiger partial charge in [-0.25, -0.2) is 23.1 Å². The Hall–Kier alpha value is -3.66. The van der Waals surface area contributed by atoms with Crippen molar-refractivity contribution in [2.24, 2.45) is 0 Å². The lowest BCUT2D eigenvalue weighted by Crippen LogP contribution is -2.16. The summed E-state index contributed by atoms with van der Waals surface area (Å²) in [6.07, 6.45) is 2.64. The van der Waals surface area contributed by atoms with E-state index in [1.54, 1.807) is 24.3 Å². The largest absolute Gasteiger partial charge is 0.462 e. The van der Waals surface area contributed by atoms with Gasteiger partial charge >= 0.3 is 5.97 Å². The third-order valence-corrected chi connectivity index (χ3v) is 7.28. The molecule has 1 aliphatic rings. The smallest absolute Gasteiger partial charge is 0.341 e. The molecule has 5 rings (SSSR count). The number of hydrogen-bond donors (Lipinski definition) is 1. The lowest BCUT2D eigenvalue weighted by atomic mass is 9.95. The second-order valence-electron chi connectivity index (χ2n) is 8.53. The highest BCUT2D eigenvalue weighted by atomic mass is 32.1. The Morgan fingerprint density at radius 3 is 2.72 bits per heavy atom. The fourth-order valence-electron chi connectivity index (χ4n) is 4.37. The summed E-state index contributed by atoms with van der Waals surface area (Å²) in [4.78, 5) is 31.8. The topological polar surface area (TPSA) is 85.6 Å². The van der Waals surface area contributed by atoms with E-state index in [4.69, 9.17) is 4.74 Å². The van der Waals surface area contributed by atoms with Crippen molar-refractivity contribution < 1.29 is 23.1 Å². The first kappa shape index (κ1) is 24.1. The number of halogens is 2. The first-order valence-electron chi connectivity index (χ1n) is 11.8. The average Bonchev–Trinajstić information content (AvgIpc) is 3.48. The van der Waals surface area contributed by atoms with Gasteiger partial charge in [0.1, 0.15) is 16.3 Å². The second kappa shape index (κ2) is 10.1. The minimum Gasteiger partial charge on any atom is -0.462 e. The minimum absolute atomic E-state index is 0.0144. The van der Waals surface area contributed by atoms with Gasteiger partial charge in [0.2, 0.25) is 0 Å². The predicted octanol–water partition coefficient (Wildman–Crippen LogP) is 6.09. The van der Waals surface area contributed by atoms with Gasteiger partial charge in [-0.1, -0.05) is 37.3 Å². The summed E-state index contributed by atoms with van der Waals surface area (Å²) in [6, 6.07) is 10.2. The molecular weight excluding hydrogens is 486 g/mol. The van der Waals surface area contributed by atoms with Crippen LogP contribution in [0, 0.1) is 0 Å². The zero-order valence-electron chi connectivity index (χ0n) is 19.6. The highest BCUT2D eigenvalue weighted by molar-refractivity contribution is 7.17. The van der Waals surface area contributed by atoms with Gasteiger partial charge in [0.05, 0.1) is 24.1 Å². The van der Waals surface area contributed by atoms with E-state index in [2.05, 4.69) is 15.4 Å². The number of esters is 1. The highest BCUT2D eigenvalue weighted by Crippen LogP contribution is 2.39. The van der Waals surface area contributed by atoms with Crippen LogP contribution in [0.3, 0.4) is 0 Å². The summed E-state index contributed by atoms with van der Waals surface area (Å²) in [5.41, 5.74) is 1.94. The Balaban J connectivity index is 1.55. The molecule has 0 aliphatic heterocycles. The second-order valence-corrected chi connectivity index (χ2v) is 9.64. The standard InChI is InChI=1S/C26H24F2N4O3S/c1-2-12-35-26(34)21-16-10-6-7-11-20(16)36-25(21)31-24(33)17-14-29-32-19(22(27)28)13-18(30-23(17)32)15-8-4-3-5-9-15/h3-5,8-9,13-14,22H,2,6-7,10-12H2,1H3,(H,31,33). The Kier molecular flexibility index (Phi) is 6.77. The van der Waals surface area contributed by atoms with Crippen molar-refractivity contribution in [1.82, 2.24) is 14.6 Å². The van der Waals surface area contributed by atoms with E-state index in [-0.39, 0.29) is 23.5 Å². The SMILES string of the molecule is CCCOC(=O)c1c(NC(=O)c2cnn3c(C(F)F)cc(-c4ccccc4)nc23)sc2c1CCCC2. The molecule has 0 saturated carbocycles. The molecule has 3 aromatic heterocycles. The van der Waals surface area contributed by atoms with E-state index >= 15 is 0 Å². The minimum atomic E-state index is -2.82. The van der Waals surface area contributed by atoms with Gasteiger partial charge in [0, 0.05) is 10.4 Å². The van der Waals surface area contributed by atoms with Crippen LogP contribution in [0.25, 0.3) is 16.9 Å². The van der Waals surface area contributed by atoms with Crippen LogP contribution in [0.2, 0.25) is 0 Å². The maximum Gasteiger partial charge on any atom is 0.341 e. The lowest BCUT2D eigenvalue weighted by molar-refractivity contribution is 0.0505. The molecule has 1 aromatic carbocycles. The maximum absolute atomic E-state index is 13.9. The normalized spacial score (nSPS) is 13.1. The van der Waals surface area contributed by atoms with E-state index in [0.717, 1.165) is 40.6 Å². The number of carbonyl (C=O) groups is 2. The number of nitrogens with zero attached hydrogens (tertiary/aromatic N) is 3. The van der Waals surface area contributed by atoms with Gasteiger partial charge in [-0.2, -0.15) is 5.10 Å². The Labute approximate surface area is 210 Å². The summed E-state index contributed by atoms with van der Waals surface area (Å²) in [6.45, 7) is 2.20. The van der Waals surface area contributed by atoms with Crippen LogP contribution in [0.4, 0.5) is 13.8 Å². The van der Waals surface area contributed by atoms with Gasteiger partial charge in [-0.05, 0) is 43.7 Å². The Morgan fingerprint density at radius 1 is 1.19 bits per heavy atom. The fraction of sp³-hybridized carbons (Fsp3) is 0.308. The number of ether oxygens (including phenoxy) is 1. The van der Waals surface area contributed by atoms with Crippen molar-refractivity contribution in [3.8, 4) is 11.3 Å². The van der Waals surface area contributed by atoms with E-state index in [0.29, 0.717) is 28.2 Å². The molecule has 186 valence electrons. The number of nitrogens with one attached hydrogen (secondary N) is 1. The molecule has 0 radical (unpaired) electrons. The molecule has 1 amide bonds. The molecule has 7 nitrogen and oxygen atoms in total. The van der Waals surface area contributed by atoms with E-state index < -0.39 is 18.3 Å². The number of rotatable bonds is 7. The molecule has 10 heteroatoms. The lowest BCUT2D eigenvalue weighted by Gasteiger charge is -2.12. The number of carbonyl (C=O) groups excluding carboxylic acids is 2. The van der Waals surface area contributed by atoms with Crippen LogP contribution in [0.1, 0.15) is 69.5 Å². The monoisotopic (exact) mass is 510 g/mol. The highest BCUT2D eigenvalue weighted by Gasteiger charge is 2.29. The molecule has 0 saturated heterocycles. The zero-order chi connectivity index (χ0) is 25.2. The van der Waals surface area contributed by atoms with Crippen LogP contribution < -0.4 is 5.32 Å². The third-order valence-electron chi connectivity index (χ3n) is 6.08. The Morgan fingerprint density at radius 2 is 1.97 bits per heavy atom. The first-order valence-corrected chi connectivity index (χ1v) is 12.6. The van der Waals surface area contributed by atoms with Crippen LogP contribution in [0.15, 0.2) is 42.6 Å². The number of alkyl halides is 2. The molecule has 0 spiro atoms. The van der Waals surface area contributed by atoms with Crippen molar-refractivity contribution >= 4 is 33.9 Å². The third kappa shape index (κ3) is 4.48. The quantitative estimate of drug-likeness (QED) is 0.304. The molecule has 1 aliphatic carbocycles. The number of thiophene rings is 1. The number of aryl methyl sites for hydroxylation is 1. The number of hydrogen-bond acceptors (Lipinski definition) is 6. The summed E-state index contributed by atoms with van der Waals surface area (Å²) >= 11 is 1.36. The maximum atomic E-state index is 13.9. The molecule has 1 N–H and O–H groups in total. The molecule has 36 heavy (non-hydrogen) atoms. The van der Waals surface area contributed by atoms with Gasteiger partial charge in [0.15, 0.2) is 5.65 Å². The first-order chi connectivity index (χ1) is 17.5. The number of amides is 1. The van der Waals surface area contributed by atoms with Crippen LogP contribution in [0.5, 0.6) is 0 Å². The predicted molar refractivity (Wildman–Crippen MR) is 133 cm³/mol. The molecular formula is C26H24F2N4O3S. The number of benzene rings is 1. The zero-order valence-corrected chi connectivity index (χ0v) is 20.4. The van der Waals surface area contributed by atoms with E-state index in [1.165, 1.54) is 23.6 Å². The van der Waals surface area contributed by atoms with Crippen molar-refractivity contribution in [2.75, 3.05) is 11.9 Å². The van der Waals surface area contributed by atoms with Crippen molar-refractivity contribution in [1.29, 1.82) is 0 Å². The molecule has 4 aromatic rings. The van der Waals surface area contributed by atoms with Crippen LogP contribution >= 0.6 is 11.3 Å². The average molecular weight is 511 g/mol. The van der Waals surface area contributed by atoms with E-state index in [9.17, 15) is 18.4 Å². The summed E-state index contributed by atoms with van der Waals surface area (Å²) in [5, 5.41) is 7.25. The number of aromatic nitrogens is 3. The van der Waals surface area contributed by atoms with Crippen LogP contribution in [-0.4, -0.2) is 33.1 Å². The van der Waals surface area contributed by atoms with Gasteiger partial charge in [0.25, 0.3) is 12.3 Å². The number of anilines is 1. The fourth-order valence-corrected chi connectivity index (χ4v) is 5.64. The van der Waals surface area contributed by atoms with Crippen molar-refractivity contribution in [3.05, 3.63) is 69.9 Å². The van der Waals surface area contributed by atoms with Gasteiger partial charge < -0.3 is 10.1 Å². The molecule has 0 atom stereocenters. The molecule has 0 bridgehead atoms. The number of fused-ring (bicyclic) bond motifs is 2. The van der Waals surface area contributed by atoms with Crippen LogP contribution in [-0.2, 0) is 17.6 Å². The van der Waals surface area contributed by atoms with Gasteiger partial charge in [-0.3, -0.25) is 4.79 Å². The summed E-state index contributed by atoms with van der Waals surface area (Å²) in [5.74, 6) is -1.04. The van der Waals surface area contributed by atoms with E-state index in [1.807, 2.05) is 13.0 Å². The van der Waals surface area contributed by atoms with Crippen molar-refractivity contribution in [2.45, 2.75) is 45.5 Å². The Bertz CT molecular complexity index is 1430. The summed E-state index contributed by atoms with van der Waals surface area (Å²) < 4.78 is 34.2.